The van der Waals surface area contributed by atoms with Crippen molar-refractivity contribution in [2.75, 3.05) is 7.05 Å². The number of carbonyl (C=O) groups is 1. The van der Waals surface area contributed by atoms with E-state index in [4.69, 9.17) is 10.2 Å². The zero-order valence-electron chi connectivity index (χ0n) is 14.7. The number of carboxylic acid groups (broad SMARTS) is 1. The molecule has 0 saturated carbocycles. The largest absolute Gasteiger partial charge is 0.465 e. The number of nitrogens with two attached hydrogens (primary N) is 1. The molecule has 3 N–H and O–H groups in total. The molecule has 1 rings (SSSR count). The quantitative estimate of drug-likeness (QED) is 0.807. The highest BCUT2D eigenvalue weighted by atomic mass is 32.2. The lowest BCUT2D eigenvalue weighted by Crippen LogP contribution is -2.37. The normalized spacial score (nSPS) is 14.9. The predicted molar refractivity (Wildman–Crippen MR) is 96.2 cm³/mol. The minimum atomic E-state index is -2.96. The van der Waals surface area contributed by atoms with Gasteiger partial charge in [0.05, 0.1) is 4.90 Å². The van der Waals surface area contributed by atoms with Crippen LogP contribution in [0.2, 0.25) is 18.1 Å². The number of hydrogen-bond acceptors (Lipinski definition) is 3. The van der Waals surface area contributed by atoms with Crippen LogP contribution in [0.4, 0.5) is 4.79 Å². The van der Waals surface area contributed by atoms with Crippen molar-refractivity contribution in [3.8, 4) is 0 Å². The van der Waals surface area contributed by atoms with Crippen molar-refractivity contribution in [3.05, 3.63) is 29.8 Å². The first-order valence-electron chi connectivity index (χ1n) is 7.35. The molecule has 8 heteroatoms. The summed E-state index contributed by atoms with van der Waals surface area (Å²) in [5.41, 5.74) is 0.807. The van der Waals surface area contributed by atoms with Crippen molar-refractivity contribution in [1.29, 1.82) is 0 Å². The molecule has 0 radical (unpaired) electrons. The number of hydrogen-bond donors (Lipinski definition) is 2. The SMILES string of the molecule is CN(Cc1ccc(S(N)(=O)=N[Si](C)(C)C(C)(C)C)cc1)C(=O)O. The van der Waals surface area contributed by atoms with Gasteiger partial charge in [0.2, 0.25) is 0 Å². The lowest BCUT2D eigenvalue weighted by Gasteiger charge is -2.32. The van der Waals surface area contributed by atoms with Gasteiger partial charge in [-0.15, -0.1) is 0 Å². The van der Waals surface area contributed by atoms with Gasteiger partial charge in [0.25, 0.3) is 0 Å². The molecule has 0 spiro atoms. The van der Waals surface area contributed by atoms with Crippen LogP contribution in [0.25, 0.3) is 0 Å². The molecule has 0 heterocycles. The Hall–Kier alpha value is -1.38. The van der Waals surface area contributed by atoms with E-state index < -0.39 is 24.2 Å². The van der Waals surface area contributed by atoms with Crippen LogP contribution in [0.5, 0.6) is 0 Å². The van der Waals surface area contributed by atoms with E-state index in [-0.39, 0.29) is 11.6 Å². The fourth-order valence-electron chi connectivity index (χ4n) is 1.66. The molecule has 1 amide bonds. The monoisotopic (exact) mass is 357 g/mol. The summed E-state index contributed by atoms with van der Waals surface area (Å²) in [6.45, 7) is 10.6. The Kier molecular flexibility index (Phi) is 5.66. The van der Waals surface area contributed by atoms with Crippen molar-refractivity contribution in [1.82, 2.24) is 4.90 Å². The van der Waals surface area contributed by atoms with Crippen molar-refractivity contribution < 1.29 is 14.1 Å². The molecular weight excluding hydrogens is 330 g/mol. The van der Waals surface area contributed by atoms with E-state index in [1.165, 1.54) is 11.9 Å². The number of amides is 1. The van der Waals surface area contributed by atoms with Gasteiger partial charge in [0.1, 0.15) is 9.92 Å². The summed E-state index contributed by atoms with van der Waals surface area (Å²) in [4.78, 5) is 12.5. The van der Waals surface area contributed by atoms with E-state index in [1.807, 2.05) is 0 Å². The summed E-state index contributed by atoms with van der Waals surface area (Å²) in [5.74, 6) is 0. The Morgan fingerprint density at radius 3 is 2.17 bits per heavy atom. The third-order valence-corrected chi connectivity index (χ3v) is 11.7. The van der Waals surface area contributed by atoms with Crippen molar-refractivity contribution >= 4 is 24.2 Å². The van der Waals surface area contributed by atoms with E-state index >= 15 is 0 Å². The third kappa shape index (κ3) is 5.05. The summed E-state index contributed by atoms with van der Waals surface area (Å²) >= 11 is 0. The Morgan fingerprint density at radius 2 is 1.78 bits per heavy atom. The highest BCUT2D eigenvalue weighted by Crippen LogP contribution is 2.37. The first-order valence-corrected chi connectivity index (χ1v) is 11.9. The summed E-state index contributed by atoms with van der Waals surface area (Å²) in [7, 11) is -3.60. The Labute approximate surface area is 140 Å². The minimum absolute atomic E-state index is 0.0425. The smallest absolute Gasteiger partial charge is 0.407 e. The van der Waals surface area contributed by atoms with Gasteiger partial charge in [-0.3, -0.25) is 4.03 Å². The lowest BCUT2D eigenvalue weighted by atomic mass is 10.2. The van der Waals surface area contributed by atoms with Crippen LogP contribution in [0.1, 0.15) is 26.3 Å². The van der Waals surface area contributed by atoms with Crippen LogP contribution in [0.15, 0.2) is 33.2 Å². The molecule has 6 nitrogen and oxygen atoms in total. The van der Waals surface area contributed by atoms with E-state index in [2.05, 4.69) is 37.9 Å². The van der Waals surface area contributed by atoms with Gasteiger partial charge >= 0.3 is 6.09 Å². The fraction of sp³-hybridized carbons (Fsp3) is 0.533. The predicted octanol–water partition coefficient (Wildman–Crippen LogP) is 3.50. The number of nitrogens with zero attached hydrogens (tertiary/aromatic N) is 2. The standard InChI is InChI=1S/C15H27N3O3SSi/c1-15(2,3)23(5,6)17-22(16,21)13-9-7-12(8-10-13)11-18(4)14(19)20/h7-10H,11H2,1-6H3,(H,19,20)(H2,16,17,21). The third-order valence-electron chi connectivity index (χ3n) is 4.21. The molecule has 0 aliphatic carbocycles. The summed E-state index contributed by atoms with van der Waals surface area (Å²) < 4.78 is 17.4. The summed E-state index contributed by atoms with van der Waals surface area (Å²) in [6.07, 6.45) is -0.996. The first kappa shape index (κ1) is 19.7. The van der Waals surface area contributed by atoms with Crippen LogP contribution in [-0.2, 0) is 16.5 Å². The number of rotatable bonds is 4. The maximum Gasteiger partial charge on any atom is 0.407 e. The zero-order valence-corrected chi connectivity index (χ0v) is 16.5. The average Bonchev–Trinajstić information content (AvgIpc) is 2.36. The van der Waals surface area contributed by atoms with Gasteiger partial charge in [-0.2, -0.15) is 0 Å². The molecule has 130 valence electrons. The highest BCUT2D eigenvalue weighted by molar-refractivity contribution is 7.92. The Bertz CT molecular complexity index is 687. The van der Waals surface area contributed by atoms with Crippen molar-refractivity contribution in [2.24, 2.45) is 9.17 Å². The molecule has 23 heavy (non-hydrogen) atoms. The van der Waals surface area contributed by atoms with E-state index in [9.17, 15) is 9.00 Å². The molecule has 0 aliphatic heterocycles. The van der Waals surface area contributed by atoms with Crippen LogP contribution in [-0.4, -0.2) is 35.6 Å². The molecule has 1 atom stereocenters. The summed E-state index contributed by atoms with van der Waals surface area (Å²) in [5, 5.41) is 14.8. The Balaban J connectivity index is 3.12. The maximum absolute atomic E-state index is 12.8. The second kappa shape index (κ2) is 6.62. The highest BCUT2D eigenvalue weighted by Gasteiger charge is 2.37. The van der Waals surface area contributed by atoms with Gasteiger partial charge in [-0.05, 0) is 35.8 Å². The molecule has 0 aromatic heterocycles. The molecule has 0 fully saturated rings. The maximum atomic E-state index is 12.8. The molecule has 1 unspecified atom stereocenters. The topological polar surface area (TPSA) is 96.0 Å². The van der Waals surface area contributed by atoms with Crippen LogP contribution in [0, 0.1) is 0 Å². The lowest BCUT2D eigenvalue weighted by molar-refractivity contribution is 0.153. The second-order valence-electron chi connectivity index (χ2n) is 7.25. The molecular formula is C15H27N3O3SSi. The van der Waals surface area contributed by atoms with Crippen molar-refractivity contribution in [3.63, 3.8) is 0 Å². The van der Waals surface area contributed by atoms with Gasteiger partial charge < -0.3 is 10.0 Å². The van der Waals surface area contributed by atoms with Gasteiger partial charge in [0, 0.05) is 13.6 Å². The number of benzene rings is 1. The first-order chi connectivity index (χ1) is 10.3. The molecule has 1 aromatic carbocycles. The van der Waals surface area contributed by atoms with E-state index in [1.54, 1.807) is 24.3 Å². The fourth-order valence-corrected chi connectivity index (χ4v) is 6.42. The molecule has 0 bridgehead atoms. The van der Waals surface area contributed by atoms with Crippen LogP contribution < -0.4 is 5.14 Å². The van der Waals surface area contributed by atoms with E-state index in [0.29, 0.717) is 4.90 Å². The van der Waals surface area contributed by atoms with Gasteiger partial charge in [-0.25, -0.2) is 14.1 Å². The van der Waals surface area contributed by atoms with E-state index in [0.717, 1.165) is 5.56 Å². The van der Waals surface area contributed by atoms with Gasteiger partial charge in [0.15, 0.2) is 8.24 Å². The molecule has 1 aromatic rings. The molecule has 0 aliphatic rings. The zero-order chi connectivity index (χ0) is 18.1. The average molecular weight is 358 g/mol. The Morgan fingerprint density at radius 1 is 1.30 bits per heavy atom. The van der Waals surface area contributed by atoms with Crippen molar-refractivity contribution in [2.45, 2.75) is 50.3 Å². The minimum Gasteiger partial charge on any atom is -0.465 e. The van der Waals surface area contributed by atoms with Crippen LogP contribution in [0.3, 0.4) is 0 Å². The van der Waals surface area contributed by atoms with Gasteiger partial charge in [-0.1, -0.05) is 32.9 Å². The second-order valence-corrected chi connectivity index (χ2v) is 14.2. The van der Waals surface area contributed by atoms with Crippen LogP contribution >= 0.6 is 0 Å². The molecule has 0 saturated heterocycles. The summed E-state index contributed by atoms with van der Waals surface area (Å²) in [6, 6.07) is 6.82.